The first-order chi connectivity index (χ1) is 8.07. The van der Waals surface area contributed by atoms with Gasteiger partial charge in [0.2, 0.25) is 0 Å². The second kappa shape index (κ2) is 9.87. The van der Waals surface area contributed by atoms with Crippen LogP contribution >= 0.6 is 0 Å². The van der Waals surface area contributed by atoms with Gasteiger partial charge in [0, 0.05) is 12.0 Å². The van der Waals surface area contributed by atoms with Crippen LogP contribution in [0, 0.1) is 0 Å². The molecule has 0 aliphatic heterocycles. The van der Waals surface area contributed by atoms with Crippen LogP contribution in [0.4, 0.5) is 0 Å². The van der Waals surface area contributed by atoms with Crippen molar-refractivity contribution < 1.29 is 19.8 Å². The van der Waals surface area contributed by atoms with Crippen molar-refractivity contribution in [2.45, 2.75) is 58.3 Å². The van der Waals surface area contributed by atoms with Crippen LogP contribution in [-0.2, 0) is 9.59 Å². The minimum absolute atomic E-state index is 0.232. The minimum atomic E-state index is -0.822. The average Bonchev–Trinajstić information content (AvgIpc) is 2.25. The highest BCUT2D eigenvalue weighted by molar-refractivity contribution is 5.86. The van der Waals surface area contributed by atoms with Gasteiger partial charge in [0.15, 0.2) is 0 Å². The van der Waals surface area contributed by atoms with Gasteiger partial charge in [0.05, 0.1) is 0 Å². The van der Waals surface area contributed by atoms with E-state index in [4.69, 9.17) is 10.2 Å². The first-order valence-corrected chi connectivity index (χ1v) is 6.22. The summed E-state index contributed by atoms with van der Waals surface area (Å²) in [6.45, 7) is 1.93. The second-order valence-electron chi connectivity index (χ2n) is 4.10. The summed E-state index contributed by atoms with van der Waals surface area (Å²) in [5, 5.41) is 17.3. The van der Waals surface area contributed by atoms with Gasteiger partial charge in [-0.15, -0.1) is 0 Å². The van der Waals surface area contributed by atoms with E-state index in [2.05, 4.69) is 0 Å². The predicted molar refractivity (Wildman–Crippen MR) is 66.0 cm³/mol. The van der Waals surface area contributed by atoms with Gasteiger partial charge >= 0.3 is 11.9 Å². The van der Waals surface area contributed by atoms with E-state index in [0.29, 0.717) is 18.4 Å². The molecule has 0 aliphatic carbocycles. The lowest BCUT2D eigenvalue weighted by molar-refractivity contribution is -0.137. The summed E-state index contributed by atoms with van der Waals surface area (Å²) >= 11 is 0. The van der Waals surface area contributed by atoms with Gasteiger partial charge in [-0.1, -0.05) is 32.3 Å². The Bertz CT molecular complexity index is 269. The van der Waals surface area contributed by atoms with Crippen molar-refractivity contribution in [3.8, 4) is 0 Å². The SMILES string of the molecule is CCC=C(CCCCCCCC(=O)O)C(=O)O. The molecule has 0 amide bonds. The van der Waals surface area contributed by atoms with Crippen LogP contribution in [0.25, 0.3) is 0 Å². The van der Waals surface area contributed by atoms with E-state index in [-0.39, 0.29) is 6.42 Å². The second-order valence-corrected chi connectivity index (χ2v) is 4.10. The first-order valence-electron chi connectivity index (χ1n) is 6.22. The third kappa shape index (κ3) is 9.60. The monoisotopic (exact) mass is 242 g/mol. The fourth-order valence-electron chi connectivity index (χ4n) is 1.66. The van der Waals surface area contributed by atoms with Crippen molar-refractivity contribution >= 4 is 11.9 Å². The summed E-state index contributed by atoms with van der Waals surface area (Å²) in [6, 6.07) is 0. The van der Waals surface area contributed by atoms with E-state index in [1.54, 1.807) is 6.08 Å². The average molecular weight is 242 g/mol. The van der Waals surface area contributed by atoms with Gasteiger partial charge < -0.3 is 10.2 Å². The van der Waals surface area contributed by atoms with E-state index >= 15 is 0 Å². The molecule has 0 fully saturated rings. The number of allylic oxidation sites excluding steroid dienone is 1. The zero-order valence-electron chi connectivity index (χ0n) is 10.4. The molecule has 0 aromatic heterocycles. The third-order valence-electron chi connectivity index (χ3n) is 2.56. The quantitative estimate of drug-likeness (QED) is 0.455. The Morgan fingerprint density at radius 1 is 0.941 bits per heavy atom. The van der Waals surface area contributed by atoms with Crippen LogP contribution in [0.15, 0.2) is 11.6 Å². The molecule has 0 radical (unpaired) electrons. The summed E-state index contributed by atoms with van der Waals surface area (Å²) in [5.74, 6) is -1.57. The number of hydrogen-bond acceptors (Lipinski definition) is 2. The topological polar surface area (TPSA) is 74.6 Å². The predicted octanol–water partition coefficient (Wildman–Crippen LogP) is 3.22. The summed E-state index contributed by atoms with van der Waals surface area (Å²) < 4.78 is 0. The van der Waals surface area contributed by atoms with Crippen LogP contribution < -0.4 is 0 Å². The molecule has 17 heavy (non-hydrogen) atoms. The van der Waals surface area contributed by atoms with Gasteiger partial charge in [0.1, 0.15) is 0 Å². The third-order valence-corrected chi connectivity index (χ3v) is 2.56. The fraction of sp³-hybridized carbons (Fsp3) is 0.692. The molecule has 0 spiro atoms. The fourth-order valence-corrected chi connectivity index (χ4v) is 1.66. The summed E-state index contributed by atoms with van der Waals surface area (Å²) in [6.07, 6.45) is 7.79. The van der Waals surface area contributed by atoms with Crippen LogP contribution in [0.1, 0.15) is 58.3 Å². The lowest BCUT2D eigenvalue weighted by Crippen LogP contribution is -2.00. The Labute approximate surface area is 102 Å². The van der Waals surface area contributed by atoms with Gasteiger partial charge in [-0.3, -0.25) is 4.79 Å². The number of carboxylic acid groups (broad SMARTS) is 2. The van der Waals surface area contributed by atoms with Crippen molar-refractivity contribution in [2.24, 2.45) is 0 Å². The Hall–Kier alpha value is -1.32. The largest absolute Gasteiger partial charge is 0.481 e. The van der Waals surface area contributed by atoms with E-state index in [0.717, 1.165) is 32.1 Å². The highest BCUT2D eigenvalue weighted by Gasteiger charge is 2.05. The molecule has 0 heterocycles. The molecule has 0 aromatic carbocycles. The van der Waals surface area contributed by atoms with E-state index < -0.39 is 11.9 Å². The van der Waals surface area contributed by atoms with Crippen LogP contribution in [0.5, 0.6) is 0 Å². The molecule has 0 bridgehead atoms. The van der Waals surface area contributed by atoms with Crippen molar-refractivity contribution in [3.05, 3.63) is 11.6 Å². The number of aliphatic carboxylic acids is 2. The van der Waals surface area contributed by atoms with Crippen molar-refractivity contribution in [1.29, 1.82) is 0 Å². The molecule has 0 saturated heterocycles. The lowest BCUT2D eigenvalue weighted by Gasteiger charge is -2.02. The van der Waals surface area contributed by atoms with Crippen LogP contribution in [0.2, 0.25) is 0 Å². The van der Waals surface area contributed by atoms with E-state index in [1.165, 1.54) is 0 Å². The van der Waals surface area contributed by atoms with Gasteiger partial charge in [-0.05, 0) is 25.7 Å². The number of hydrogen-bond donors (Lipinski definition) is 2. The molecule has 4 nitrogen and oxygen atoms in total. The molecule has 98 valence electrons. The lowest BCUT2D eigenvalue weighted by atomic mass is 10.0. The number of carboxylic acids is 2. The molecular weight excluding hydrogens is 220 g/mol. The zero-order chi connectivity index (χ0) is 13.1. The summed E-state index contributed by atoms with van der Waals surface area (Å²) in [7, 11) is 0. The zero-order valence-corrected chi connectivity index (χ0v) is 10.4. The summed E-state index contributed by atoms with van der Waals surface area (Å²) in [4.78, 5) is 21.0. The van der Waals surface area contributed by atoms with E-state index in [1.807, 2.05) is 6.92 Å². The molecule has 2 N–H and O–H groups in total. The Kier molecular flexibility index (Phi) is 9.11. The Morgan fingerprint density at radius 2 is 1.47 bits per heavy atom. The number of carbonyl (C=O) groups is 2. The maximum absolute atomic E-state index is 10.8. The van der Waals surface area contributed by atoms with Crippen molar-refractivity contribution in [1.82, 2.24) is 0 Å². The smallest absolute Gasteiger partial charge is 0.331 e. The van der Waals surface area contributed by atoms with Crippen LogP contribution in [0.3, 0.4) is 0 Å². The molecule has 4 heteroatoms. The van der Waals surface area contributed by atoms with Crippen molar-refractivity contribution in [3.63, 3.8) is 0 Å². The van der Waals surface area contributed by atoms with E-state index in [9.17, 15) is 9.59 Å². The highest BCUT2D eigenvalue weighted by Crippen LogP contribution is 2.12. The van der Waals surface area contributed by atoms with Gasteiger partial charge in [-0.2, -0.15) is 0 Å². The summed E-state index contributed by atoms with van der Waals surface area (Å²) in [5.41, 5.74) is 0.498. The molecule has 0 rings (SSSR count). The standard InChI is InChI=1S/C13H22O4/c1-2-8-11(13(16)17)9-6-4-3-5-7-10-12(14)15/h8H,2-7,9-10H2,1H3,(H,14,15)(H,16,17). The minimum Gasteiger partial charge on any atom is -0.481 e. The molecule has 0 unspecified atom stereocenters. The van der Waals surface area contributed by atoms with Crippen molar-refractivity contribution in [2.75, 3.05) is 0 Å². The Balaban J connectivity index is 3.53. The maximum atomic E-state index is 10.8. The van der Waals surface area contributed by atoms with Gasteiger partial charge in [0.25, 0.3) is 0 Å². The molecular formula is C13H22O4. The molecule has 0 aromatic rings. The number of rotatable bonds is 10. The highest BCUT2D eigenvalue weighted by atomic mass is 16.4. The normalized spacial score (nSPS) is 11.5. The Morgan fingerprint density at radius 3 is 1.94 bits per heavy atom. The molecule has 0 saturated carbocycles. The molecule has 0 atom stereocenters. The number of unbranched alkanes of at least 4 members (excludes halogenated alkanes) is 4. The van der Waals surface area contributed by atoms with Crippen LogP contribution in [-0.4, -0.2) is 22.2 Å². The van der Waals surface area contributed by atoms with Gasteiger partial charge in [-0.25, -0.2) is 4.79 Å². The first kappa shape index (κ1) is 15.7. The maximum Gasteiger partial charge on any atom is 0.331 e. The molecule has 0 aliphatic rings.